The molecule has 0 unspecified atom stereocenters. The maximum atomic E-state index is 5.16. The molecule has 1 aromatic heterocycles. The predicted molar refractivity (Wildman–Crippen MR) is 52.6 cm³/mol. The summed E-state index contributed by atoms with van der Waals surface area (Å²) in [6.07, 6.45) is 0. The third-order valence-corrected chi connectivity index (χ3v) is 1.85. The molecular weight excluding hydrogens is 164 g/mol. The van der Waals surface area contributed by atoms with Crippen LogP contribution in [-0.4, -0.2) is 11.2 Å². The molecule has 0 saturated carbocycles. The van der Waals surface area contributed by atoms with E-state index >= 15 is 0 Å². The van der Waals surface area contributed by atoms with Crippen LogP contribution in [0.1, 0.15) is 45.1 Å². The van der Waals surface area contributed by atoms with Crippen LogP contribution < -0.4 is 5.32 Å². The smallest absolute Gasteiger partial charge is 0.150 e. The highest BCUT2D eigenvalue weighted by atomic mass is 16.5. The lowest BCUT2D eigenvalue weighted by molar-refractivity contribution is 0.360. The van der Waals surface area contributed by atoms with E-state index in [0.717, 1.165) is 18.0 Å². The van der Waals surface area contributed by atoms with Crippen LogP contribution in [-0.2, 0) is 6.54 Å². The zero-order valence-electron chi connectivity index (χ0n) is 8.79. The second-order valence-electron chi connectivity index (χ2n) is 3.91. The molecule has 0 fully saturated rings. The number of rotatable bonds is 4. The summed E-state index contributed by atoms with van der Waals surface area (Å²) in [6, 6.07) is 2.49. The van der Waals surface area contributed by atoms with Crippen LogP contribution in [0.25, 0.3) is 0 Å². The van der Waals surface area contributed by atoms with Crippen LogP contribution in [0.15, 0.2) is 10.6 Å². The normalized spacial score (nSPS) is 11.5. The molecule has 0 atom stereocenters. The highest BCUT2D eigenvalue weighted by Crippen LogP contribution is 2.13. The van der Waals surface area contributed by atoms with Crippen molar-refractivity contribution >= 4 is 0 Å². The third-order valence-electron chi connectivity index (χ3n) is 1.85. The topological polar surface area (TPSA) is 38.1 Å². The van der Waals surface area contributed by atoms with Crippen LogP contribution in [0, 0.1) is 0 Å². The first-order valence-electron chi connectivity index (χ1n) is 4.78. The van der Waals surface area contributed by atoms with Crippen molar-refractivity contribution in [1.29, 1.82) is 0 Å². The highest BCUT2D eigenvalue weighted by molar-refractivity contribution is 5.08. The molecule has 1 aromatic rings. The molecule has 0 radical (unpaired) electrons. The van der Waals surface area contributed by atoms with Gasteiger partial charge in [0, 0.05) is 12.1 Å². The SMILES string of the molecule is CC(C)NCc1cc(C(C)C)no1. The van der Waals surface area contributed by atoms with Gasteiger partial charge in [-0.25, -0.2) is 0 Å². The summed E-state index contributed by atoms with van der Waals surface area (Å²) in [6.45, 7) is 9.20. The van der Waals surface area contributed by atoms with Crippen LogP contribution in [0.3, 0.4) is 0 Å². The van der Waals surface area contributed by atoms with Gasteiger partial charge in [0.15, 0.2) is 5.76 Å². The minimum absolute atomic E-state index is 0.441. The van der Waals surface area contributed by atoms with Gasteiger partial charge in [0.2, 0.25) is 0 Å². The Morgan fingerprint density at radius 1 is 1.38 bits per heavy atom. The van der Waals surface area contributed by atoms with Crippen molar-refractivity contribution < 1.29 is 4.52 Å². The molecule has 0 aliphatic heterocycles. The fraction of sp³-hybridized carbons (Fsp3) is 0.700. The molecule has 1 heterocycles. The van der Waals surface area contributed by atoms with Crippen molar-refractivity contribution in [2.24, 2.45) is 0 Å². The quantitative estimate of drug-likeness (QED) is 0.776. The number of nitrogens with zero attached hydrogens (tertiary/aromatic N) is 1. The molecule has 0 aliphatic carbocycles. The Hall–Kier alpha value is -0.830. The molecule has 1 rings (SSSR count). The third kappa shape index (κ3) is 3.19. The van der Waals surface area contributed by atoms with Crippen molar-refractivity contribution in [3.05, 3.63) is 17.5 Å². The standard InChI is InChI=1S/C10H18N2O/c1-7(2)10-5-9(13-12-10)6-11-8(3)4/h5,7-8,11H,6H2,1-4H3. The maximum absolute atomic E-state index is 5.16. The molecule has 0 saturated heterocycles. The molecule has 0 amide bonds. The second kappa shape index (κ2) is 4.42. The van der Waals surface area contributed by atoms with E-state index in [1.54, 1.807) is 0 Å². The van der Waals surface area contributed by atoms with Gasteiger partial charge in [0.05, 0.1) is 12.2 Å². The van der Waals surface area contributed by atoms with E-state index in [1.165, 1.54) is 0 Å². The summed E-state index contributed by atoms with van der Waals surface area (Å²) >= 11 is 0. The predicted octanol–water partition coefficient (Wildman–Crippen LogP) is 2.30. The summed E-state index contributed by atoms with van der Waals surface area (Å²) in [5, 5.41) is 7.26. The first kappa shape index (κ1) is 10.3. The average Bonchev–Trinajstić information content (AvgIpc) is 2.48. The molecule has 0 aliphatic rings. The second-order valence-corrected chi connectivity index (χ2v) is 3.91. The summed E-state index contributed by atoms with van der Waals surface area (Å²) in [5.74, 6) is 1.36. The average molecular weight is 182 g/mol. The first-order valence-corrected chi connectivity index (χ1v) is 4.78. The van der Waals surface area contributed by atoms with Gasteiger partial charge in [-0.2, -0.15) is 0 Å². The number of aromatic nitrogens is 1. The Bertz CT molecular complexity index is 253. The van der Waals surface area contributed by atoms with Crippen LogP contribution in [0.4, 0.5) is 0 Å². The van der Waals surface area contributed by atoms with E-state index < -0.39 is 0 Å². The van der Waals surface area contributed by atoms with Gasteiger partial charge < -0.3 is 9.84 Å². The molecule has 13 heavy (non-hydrogen) atoms. The lowest BCUT2D eigenvalue weighted by atomic mass is 10.1. The Morgan fingerprint density at radius 2 is 2.08 bits per heavy atom. The van der Waals surface area contributed by atoms with Crippen molar-refractivity contribution in [3.8, 4) is 0 Å². The molecule has 0 aromatic carbocycles. The summed E-state index contributed by atoms with van der Waals surface area (Å²) in [5.41, 5.74) is 1.03. The minimum atomic E-state index is 0.441. The number of hydrogen-bond acceptors (Lipinski definition) is 3. The van der Waals surface area contributed by atoms with E-state index in [1.807, 2.05) is 6.07 Å². The summed E-state index contributed by atoms with van der Waals surface area (Å²) in [7, 11) is 0. The molecule has 0 spiro atoms. The molecular formula is C10H18N2O. The van der Waals surface area contributed by atoms with Crippen molar-refractivity contribution in [2.45, 2.75) is 46.2 Å². The lowest BCUT2D eigenvalue weighted by Gasteiger charge is -2.03. The zero-order valence-corrected chi connectivity index (χ0v) is 8.79. The van der Waals surface area contributed by atoms with E-state index in [4.69, 9.17) is 4.52 Å². The Labute approximate surface area is 79.5 Å². The fourth-order valence-electron chi connectivity index (χ4n) is 0.989. The van der Waals surface area contributed by atoms with E-state index in [0.29, 0.717) is 12.0 Å². The van der Waals surface area contributed by atoms with Crippen molar-refractivity contribution in [1.82, 2.24) is 10.5 Å². The van der Waals surface area contributed by atoms with Crippen molar-refractivity contribution in [2.75, 3.05) is 0 Å². The zero-order chi connectivity index (χ0) is 9.84. The molecule has 3 heteroatoms. The van der Waals surface area contributed by atoms with E-state index in [2.05, 4.69) is 38.2 Å². The molecule has 74 valence electrons. The van der Waals surface area contributed by atoms with Crippen LogP contribution in [0.2, 0.25) is 0 Å². The highest BCUT2D eigenvalue weighted by Gasteiger charge is 2.07. The first-order chi connectivity index (χ1) is 6.09. The maximum Gasteiger partial charge on any atom is 0.150 e. The van der Waals surface area contributed by atoms with Crippen LogP contribution >= 0.6 is 0 Å². The van der Waals surface area contributed by atoms with Crippen LogP contribution in [0.5, 0.6) is 0 Å². The Kier molecular flexibility index (Phi) is 3.48. The van der Waals surface area contributed by atoms with Gasteiger partial charge in [0.25, 0.3) is 0 Å². The van der Waals surface area contributed by atoms with E-state index in [-0.39, 0.29) is 0 Å². The summed E-state index contributed by atoms with van der Waals surface area (Å²) < 4.78 is 5.16. The Morgan fingerprint density at radius 3 is 2.54 bits per heavy atom. The van der Waals surface area contributed by atoms with Crippen molar-refractivity contribution in [3.63, 3.8) is 0 Å². The van der Waals surface area contributed by atoms with Gasteiger partial charge in [-0.15, -0.1) is 0 Å². The van der Waals surface area contributed by atoms with Gasteiger partial charge in [0.1, 0.15) is 0 Å². The monoisotopic (exact) mass is 182 g/mol. The largest absolute Gasteiger partial charge is 0.360 e. The molecule has 3 nitrogen and oxygen atoms in total. The lowest BCUT2D eigenvalue weighted by Crippen LogP contribution is -2.21. The van der Waals surface area contributed by atoms with E-state index in [9.17, 15) is 0 Å². The number of hydrogen-bond donors (Lipinski definition) is 1. The van der Waals surface area contributed by atoms with Gasteiger partial charge >= 0.3 is 0 Å². The van der Waals surface area contributed by atoms with Gasteiger partial charge in [-0.05, 0) is 5.92 Å². The molecule has 1 N–H and O–H groups in total. The summed E-state index contributed by atoms with van der Waals surface area (Å²) in [4.78, 5) is 0. The Balaban J connectivity index is 2.49. The molecule has 0 bridgehead atoms. The number of nitrogens with one attached hydrogen (secondary N) is 1. The fourth-order valence-corrected chi connectivity index (χ4v) is 0.989. The minimum Gasteiger partial charge on any atom is -0.360 e. The van der Waals surface area contributed by atoms with Gasteiger partial charge in [-0.3, -0.25) is 0 Å². The van der Waals surface area contributed by atoms with Gasteiger partial charge in [-0.1, -0.05) is 32.9 Å².